The van der Waals surface area contributed by atoms with Gasteiger partial charge in [0.15, 0.2) is 5.82 Å². The maximum atomic E-state index is 11.4. The predicted octanol–water partition coefficient (Wildman–Crippen LogP) is -0.909. The number of aromatic nitrogens is 3. The zero-order valence-corrected chi connectivity index (χ0v) is 9.75. The molecule has 0 saturated heterocycles. The summed E-state index contributed by atoms with van der Waals surface area (Å²) < 4.78 is 1.64. The Morgan fingerprint density at radius 2 is 2.39 bits per heavy atom. The fourth-order valence-corrected chi connectivity index (χ4v) is 1.15. The summed E-state index contributed by atoms with van der Waals surface area (Å²) in [7, 11) is 1.73. The monoisotopic (exact) mass is 251 g/mol. The van der Waals surface area contributed by atoms with E-state index in [0.717, 1.165) is 0 Å². The van der Waals surface area contributed by atoms with Crippen molar-refractivity contribution in [3.63, 3.8) is 0 Å². The average molecular weight is 251 g/mol. The van der Waals surface area contributed by atoms with Crippen molar-refractivity contribution in [2.75, 3.05) is 0 Å². The Bertz CT molecular complexity index is 476. The van der Waals surface area contributed by atoms with Crippen LogP contribution in [-0.4, -0.2) is 37.9 Å². The van der Waals surface area contributed by atoms with Crippen LogP contribution in [-0.2, 0) is 18.4 Å². The van der Waals surface area contributed by atoms with E-state index in [9.17, 15) is 9.59 Å². The van der Waals surface area contributed by atoms with E-state index in [1.165, 1.54) is 6.33 Å². The summed E-state index contributed by atoms with van der Waals surface area (Å²) in [5, 5.41) is 20.9. The van der Waals surface area contributed by atoms with Gasteiger partial charge in [-0.05, 0) is 0 Å². The molecule has 0 spiro atoms. The van der Waals surface area contributed by atoms with Crippen molar-refractivity contribution in [1.82, 2.24) is 25.4 Å². The summed E-state index contributed by atoms with van der Waals surface area (Å²) in [6, 6.07) is -1.73. The first-order valence-corrected chi connectivity index (χ1v) is 5.08. The molecule has 1 rings (SSSR count). The molecule has 8 heteroatoms. The molecule has 8 nitrogen and oxygen atoms in total. The first-order chi connectivity index (χ1) is 8.54. The third-order valence-electron chi connectivity index (χ3n) is 2.14. The molecule has 0 aromatic carbocycles. The van der Waals surface area contributed by atoms with Crippen molar-refractivity contribution in [2.24, 2.45) is 7.05 Å². The Morgan fingerprint density at radius 1 is 1.67 bits per heavy atom. The van der Waals surface area contributed by atoms with Crippen molar-refractivity contribution in [3.8, 4) is 12.3 Å². The molecular formula is C10H13N5O3. The lowest BCUT2D eigenvalue weighted by Gasteiger charge is -2.12. The van der Waals surface area contributed by atoms with Crippen molar-refractivity contribution in [3.05, 3.63) is 12.2 Å². The van der Waals surface area contributed by atoms with Gasteiger partial charge in [0.2, 0.25) is 0 Å². The Morgan fingerprint density at radius 3 is 2.89 bits per heavy atom. The third kappa shape index (κ3) is 3.79. The lowest BCUT2D eigenvalue weighted by molar-refractivity contribution is -0.139. The number of carboxylic acid groups (broad SMARTS) is 1. The van der Waals surface area contributed by atoms with Gasteiger partial charge in [0.25, 0.3) is 0 Å². The number of carbonyl (C=O) groups is 2. The molecule has 0 aliphatic carbocycles. The average Bonchev–Trinajstić information content (AvgIpc) is 2.71. The molecule has 0 aliphatic rings. The van der Waals surface area contributed by atoms with Crippen molar-refractivity contribution < 1.29 is 14.7 Å². The highest BCUT2D eigenvalue weighted by atomic mass is 16.4. The summed E-state index contributed by atoms with van der Waals surface area (Å²) in [6.07, 6.45) is 6.42. The Kier molecular flexibility index (Phi) is 4.68. The number of aliphatic carboxylic acids is 1. The molecule has 0 fully saturated rings. The molecular weight excluding hydrogens is 238 g/mol. The van der Waals surface area contributed by atoms with Crippen LogP contribution < -0.4 is 10.6 Å². The highest BCUT2D eigenvalue weighted by Crippen LogP contribution is 1.92. The van der Waals surface area contributed by atoms with Crippen LogP contribution in [0.25, 0.3) is 0 Å². The minimum absolute atomic E-state index is 0.0767. The molecule has 0 radical (unpaired) electrons. The fourth-order valence-electron chi connectivity index (χ4n) is 1.15. The highest BCUT2D eigenvalue weighted by Gasteiger charge is 2.18. The SMILES string of the molecule is C#CCC(NC(=O)NCc1nncn1C)C(=O)O. The number of carbonyl (C=O) groups excluding carboxylic acids is 1. The minimum atomic E-state index is -1.18. The fraction of sp³-hybridized carbons (Fsp3) is 0.400. The van der Waals surface area contributed by atoms with Crippen LogP contribution in [0, 0.1) is 12.3 Å². The summed E-state index contributed by atoms with van der Waals surface area (Å²) in [4.78, 5) is 22.2. The highest BCUT2D eigenvalue weighted by molar-refractivity contribution is 5.82. The van der Waals surface area contributed by atoms with E-state index in [-0.39, 0.29) is 13.0 Å². The van der Waals surface area contributed by atoms with Gasteiger partial charge >= 0.3 is 12.0 Å². The zero-order valence-electron chi connectivity index (χ0n) is 9.75. The lowest BCUT2D eigenvalue weighted by atomic mass is 10.2. The first-order valence-electron chi connectivity index (χ1n) is 5.08. The van der Waals surface area contributed by atoms with Crippen molar-refractivity contribution in [2.45, 2.75) is 19.0 Å². The number of hydrogen-bond acceptors (Lipinski definition) is 4. The summed E-state index contributed by atoms with van der Waals surface area (Å²) in [5.41, 5.74) is 0. The van der Waals surface area contributed by atoms with E-state index in [2.05, 4.69) is 26.8 Å². The standard InChI is InChI=1S/C10H13N5O3/c1-3-4-7(9(16)17)13-10(18)11-5-8-14-12-6-15(8)2/h1,6-7H,4-5H2,2H3,(H,16,17)(H2,11,13,18). The zero-order chi connectivity index (χ0) is 13.5. The maximum absolute atomic E-state index is 11.4. The molecule has 1 aromatic heterocycles. The number of terminal acetylenes is 1. The number of amides is 2. The number of rotatable bonds is 5. The molecule has 96 valence electrons. The van der Waals surface area contributed by atoms with Gasteiger partial charge < -0.3 is 20.3 Å². The second-order valence-corrected chi connectivity index (χ2v) is 3.48. The van der Waals surface area contributed by atoms with Gasteiger partial charge in [-0.1, -0.05) is 0 Å². The number of carboxylic acids is 1. The van der Waals surface area contributed by atoms with Crippen LogP contribution in [0.5, 0.6) is 0 Å². The van der Waals surface area contributed by atoms with Gasteiger partial charge in [0, 0.05) is 13.5 Å². The number of urea groups is 1. The summed E-state index contributed by atoms with van der Waals surface area (Å²) in [5.74, 6) is 1.55. The van der Waals surface area contributed by atoms with Crippen LogP contribution in [0.15, 0.2) is 6.33 Å². The molecule has 0 saturated carbocycles. The second kappa shape index (κ2) is 6.24. The van der Waals surface area contributed by atoms with E-state index >= 15 is 0 Å². The predicted molar refractivity (Wildman–Crippen MR) is 61.2 cm³/mol. The molecule has 18 heavy (non-hydrogen) atoms. The van der Waals surface area contributed by atoms with Gasteiger partial charge in [-0.3, -0.25) is 0 Å². The topological polar surface area (TPSA) is 109 Å². The van der Waals surface area contributed by atoms with Gasteiger partial charge in [0.1, 0.15) is 12.4 Å². The maximum Gasteiger partial charge on any atom is 0.327 e. The lowest BCUT2D eigenvalue weighted by Crippen LogP contribution is -2.45. The number of hydrogen-bond donors (Lipinski definition) is 3. The Balaban J connectivity index is 2.44. The van der Waals surface area contributed by atoms with Crippen LogP contribution in [0.4, 0.5) is 4.79 Å². The molecule has 0 aliphatic heterocycles. The molecule has 3 N–H and O–H groups in total. The molecule has 2 amide bonds. The molecule has 1 atom stereocenters. The Hall–Kier alpha value is -2.56. The number of nitrogens with one attached hydrogen (secondary N) is 2. The van der Waals surface area contributed by atoms with Gasteiger partial charge in [0.05, 0.1) is 6.54 Å². The van der Waals surface area contributed by atoms with E-state index in [4.69, 9.17) is 11.5 Å². The molecule has 0 bridgehead atoms. The number of nitrogens with zero attached hydrogens (tertiary/aromatic N) is 3. The molecule has 1 heterocycles. The normalized spacial score (nSPS) is 11.3. The van der Waals surface area contributed by atoms with Gasteiger partial charge in [-0.25, -0.2) is 9.59 Å². The van der Waals surface area contributed by atoms with Gasteiger partial charge in [-0.2, -0.15) is 0 Å². The van der Waals surface area contributed by atoms with Crippen LogP contribution in [0.1, 0.15) is 12.2 Å². The van der Waals surface area contributed by atoms with E-state index in [1.807, 2.05) is 0 Å². The first kappa shape index (κ1) is 13.5. The Labute approximate surface area is 103 Å². The van der Waals surface area contributed by atoms with E-state index in [0.29, 0.717) is 5.82 Å². The smallest absolute Gasteiger partial charge is 0.327 e. The van der Waals surface area contributed by atoms with E-state index < -0.39 is 18.0 Å². The second-order valence-electron chi connectivity index (χ2n) is 3.48. The van der Waals surface area contributed by atoms with Crippen molar-refractivity contribution in [1.29, 1.82) is 0 Å². The minimum Gasteiger partial charge on any atom is -0.480 e. The summed E-state index contributed by atoms with van der Waals surface area (Å²) in [6.45, 7) is 0.144. The van der Waals surface area contributed by atoms with Crippen molar-refractivity contribution >= 4 is 12.0 Å². The largest absolute Gasteiger partial charge is 0.480 e. The molecule has 1 unspecified atom stereocenters. The van der Waals surface area contributed by atoms with Crippen LogP contribution in [0.2, 0.25) is 0 Å². The van der Waals surface area contributed by atoms with Gasteiger partial charge in [-0.15, -0.1) is 22.5 Å². The molecule has 1 aromatic rings. The summed E-state index contributed by atoms with van der Waals surface area (Å²) >= 11 is 0. The quantitative estimate of drug-likeness (QED) is 0.587. The third-order valence-corrected chi connectivity index (χ3v) is 2.14. The van der Waals surface area contributed by atoms with Crippen LogP contribution in [0.3, 0.4) is 0 Å². The van der Waals surface area contributed by atoms with Crippen LogP contribution >= 0.6 is 0 Å². The number of aryl methyl sites for hydroxylation is 1. The van der Waals surface area contributed by atoms with E-state index in [1.54, 1.807) is 11.6 Å².